The van der Waals surface area contributed by atoms with Crippen LogP contribution in [0.5, 0.6) is 0 Å². The molecule has 0 unspecified atom stereocenters. The summed E-state index contributed by atoms with van der Waals surface area (Å²) in [6.45, 7) is 4.75. The number of hydrogen-bond donors (Lipinski definition) is 2. The van der Waals surface area contributed by atoms with Gasteiger partial charge in [0.15, 0.2) is 0 Å². The molecule has 1 saturated carbocycles. The topological polar surface area (TPSA) is 92.6 Å². The van der Waals surface area contributed by atoms with Gasteiger partial charge in [0, 0.05) is 38.3 Å². The van der Waals surface area contributed by atoms with Crippen molar-refractivity contribution in [3.8, 4) is 0 Å². The van der Waals surface area contributed by atoms with Crippen molar-refractivity contribution < 1.29 is 9.66 Å². The Bertz CT molecular complexity index is 571. The van der Waals surface area contributed by atoms with E-state index in [4.69, 9.17) is 4.74 Å². The fraction of sp³-hybridized carbons (Fsp3) is 0.706. The molecular weight excluding hydrogens is 322 g/mol. The van der Waals surface area contributed by atoms with E-state index in [1.54, 1.807) is 6.07 Å². The van der Waals surface area contributed by atoms with Gasteiger partial charge < -0.3 is 15.4 Å². The maximum absolute atomic E-state index is 11.3. The van der Waals surface area contributed by atoms with Crippen molar-refractivity contribution in [3.63, 3.8) is 0 Å². The summed E-state index contributed by atoms with van der Waals surface area (Å²) in [6.07, 6.45) is 6.03. The van der Waals surface area contributed by atoms with Crippen LogP contribution in [-0.4, -0.2) is 60.2 Å². The smallest absolute Gasteiger partial charge is 0.311 e. The van der Waals surface area contributed by atoms with Crippen molar-refractivity contribution in [3.05, 3.63) is 22.2 Å². The number of morpholine rings is 1. The van der Waals surface area contributed by atoms with Gasteiger partial charge in [-0.25, -0.2) is 4.98 Å². The lowest BCUT2D eigenvalue weighted by atomic mass is 9.95. The monoisotopic (exact) mass is 349 g/mol. The third kappa shape index (κ3) is 5.27. The fourth-order valence-corrected chi connectivity index (χ4v) is 3.42. The highest BCUT2D eigenvalue weighted by molar-refractivity contribution is 5.60. The SMILES string of the molecule is O=[N+]([O-])c1ccc(NC2CCCCC2)nc1NCCN1CCOCC1. The van der Waals surface area contributed by atoms with E-state index < -0.39 is 0 Å². The summed E-state index contributed by atoms with van der Waals surface area (Å²) < 4.78 is 5.33. The normalized spacial score (nSPS) is 19.5. The molecule has 1 aliphatic carbocycles. The van der Waals surface area contributed by atoms with Crippen LogP contribution in [0.3, 0.4) is 0 Å². The van der Waals surface area contributed by atoms with Crippen molar-refractivity contribution in [1.29, 1.82) is 0 Å². The molecule has 25 heavy (non-hydrogen) atoms. The number of nitrogens with zero attached hydrogens (tertiary/aromatic N) is 3. The first-order valence-electron chi connectivity index (χ1n) is 9.18. The zero-order chi connectivity index (χ0) is 17.5. The Labute approximate surface area is 148 Å². The van der Waals surface area contributed by atoms with E-state index in [0.29, 0.717) is 24.2 Å². The molecule has 2 fully saturated rings. The zero-order valence-electron chi connectivity index (χ0n) is 14.6. The van der Waals surface area contributed by atoms with Gasteiger partial charge in [0.25, 0.3) is 0 Å². The highest BCUT2D eigenvalue weighted by atomic mass is 16.6. The number of nitro groups is 1. The van der Waals surface area contributed by atoms with E-state index in [-0.39, 0.29) is 10.6 Å². The second kappa shape index (κ2) is 8.96. The molecule has 0 spiro atoms. The van der Waals surface area contributed by atoms with Gasteiger partial charge in [-0.15, -0.1) is 0 Å². The summed E-state index contributed by atoms with van der Waals surface area (Å²) >= 11 is 0. The fourth-order valence-electron chi connectivity index (χ4n) is 3.42. The molecule has 1 aromatic heterocycles. The van der Waals surface area contributed by atoms with E-state index in [0.717, 1.165) is 45.7 Å². The van der Waals surface area contributed by atoms with Crippen LogP contribution >= 0.6 is 0 Å². The predicted octanol–water partition coefficient (Wildman–Crippen LogP) is 2.48. The van der Waals surface area contributed by atoms with Crippen LogP contribution in [0.1, 0.15) is 32.1 Å². The van der Waals surface area contributed by atoms with E-state index in [9.17, 15) is 10.1 Å². The summed E-state index contributed by atoms with van der Waals surface area (Å²) in [5, 5.41) is 17.8. The lowest BCUT2D eigenvalue weighted by molar-refractivity contribution is -0.384. The number of ether oxygens (including phenoxy) is 1. The second-order valence-electron chi connectivity index (χ2n) is 6.68. The van der Waals surface area contributed by atoms with E-state index in [2.05, 4.69) is 20.5 Å². The van der Waals surface area contributed by atoms with Crippen LogP contribution < -0.4 is 10.6 Å². The highest BCUT2D eigenvalue weighted by Crippen LogP contribution is 2.26. The van der Waals surface area contributed by atoms with Crippen LogP contribution in [0.25, 0.3) is 0 Å². The first kappa shape index (κ1) is 17.9. The minimum atomic E-state index is -0.380. The molecule has 1 aliphatic heterocycles. The van der Waals surface area contributed by atoms with Crippen molar-refractivity contribution in [2.75, 3.05) is 50.0 Å². The maximum atomic E-state index is 11.3. The minimum absolute atomic E-state index is 0.0242. The van der Waals surface area contributed by atoms with Crippen LogP contribution in [0, 0.1) is 10.1 Å². The second-order valence-corrected chi connectivity index (χ2v) is 6.68. The average molecular weight is 349 g/mol. The van der Waals surface area contributed by atoms with E-state index in [1.165, 1.54) is 25.3 Å². The molecule has 3 rings (SSSR count). The van der Waals surface area contributed by atoms with Gasteiger partial charge in [0.05, 0.1) is 18.1 Å². The Morgan fingerprint density at radius 2 is 2.00 bits per heavy atom. The molecule has 0 amide bonds. The molecule has 2 heterocycles. The summed E-state index contributed by atoms with van der Waals surface area (Å²) in [6, 6.07) is 3.67. The molecule has 2 N–H and O–H groups in total. The van der Waals surface area contributed by atoms with Gasteiger partial charge in [0.2, 0.25) is 5.82 Å². The highest BCUT2D eigenvalue weighted by Gasteiger charge is 2.19. The number of anilines is 2. The van der Waals surface area contributed by atoms with Crippen molar-refractivity contribution in [2.24, 2.45) is 0 Å². The Morgan fingerprint density at radius 3 is 2.72 bits per heavy atom. The van der Waals surface area contributed by atoms with Gasteiger partial charge in [-0.3, -0.25) is 15.0 Å². The van der Waals surface area contributed by atoms with Gasteiger partial charge in [-0.2, -0.15) is 0 Å². The number of hydrogen-bond acceptors (Lipinski definition) is 7. The number of aromatic nitrogens is 1. The largest absolute Gasteiger partial charge is 0.379 e. The first-order valence-corrected chi connectivity index (χ1v) is 9.18. The Hall–Kier alpha value is -1.93. The molecule has 0 aromatic carbocycles. The molecule has 2 aliphatic rings. The summed E-state index contributed by atoms with van der Waals surface area (Å²) in [5.41, 5.74) is 0.0242. The van der Waals surface area contributed by atoms with E-state index >= 15 is 0 Å². The molecule has 0 atom stereocenters. The van der Waals surface area contributed by atoms with Crippen LogP contribution in [0.15, 0.2) is 12.1 Å². The predicted molar refractivity (Wildman–Crippen MR) is 97.1 cm³/mol. The molecule has 8 nitrogen and oxygen atoms in total. The Kier molecular flexibility index (Phi) is 6.41. The molecule has 0 bridgehead atoms. The summed E-state index contributed by atoms with van der Waals surface area (Å²) in [5.74, 6) is 1.06. The summed E-state index contributed by atoms with van der Waals surface area (Å²) in [7, 11) is 0. The lowest BCUT2D eigenvalue weighted by Gasteiger charge is -2.26. The van der Waals surface area contributed by atoms with Crippen LogP contribution in [-0.2, 0) is 4.74 Å². The Morgan fingerprint density at radius 1 is 1.24 bits per heavy atom. The molecule has 0 radical (unpaired) electrons. The average Bonchev–Trinajstić information content (AvgIpc) is 2.63. The van der Waals surface area contributed by atoms with Crippen LogP contribution in [0.2, 0.25) is 0 Å². The zero-order valence-corrected chi connectivity index (χ0v) is 14.6. The molecule has 8 heteroatoms. The minimum Gasteiger partial charge on any atom is -0.379 e. The van der Waals surface area contributed by atoms with Crippen molar-refractivity contribution >= 4 is 17.3 Å². The third-order valence-corrected chi connectivity index (χ3v) is 4.85. The van der Waals surface area contributed by atoms with Gasteiger partial charge in [-0.05, 0) is 18.9 Å². The number of rotatable bonds is 7. The van der Waals surface area contributed by atoms with Crippen molar-refractivity contribution in [1.82, 2.24) is 9.88 Å². The number of pyridine rings is 1. The quantitative estimate of drug-likeness (QED) is 0.577. The molecular formula is C17H27N5O3. The van der Waals surface area contributed by atoms with Crippen LogP contribution in [0.4, 0.5) is 17.3 Å². The van der Waals surface area contributed by atoms with E-state index in [1.807, 2.05) is 0 Å². The first-order chi connectivity index (χ1) is 12.2. The molecule has 138 valence electrons. The number of nitrogens with one attached hydrogen (secondary N) is 2. The molecule has 1 aromatic rings. The van der Waals surface area contributed by atoms with Gasteiger partial charge in [-0.1, -0.05) is 19.3 Å². The third-order valence-electron chi connectivity index (χ3n) is 4.85. The molecule has 1 saturated heterocycles. The lowest BCUT2D eigenvalue weighted by Crippen LogP contribution is -2.39. The van der Waals surface area contributed by atoms with Crippen molar-refractivity contribution in [2.45, 2.75) is 38.1 Å². The Balaban J connectivity index is 1.60. The summed E-state index contributed by atoms with van der Waals surface area (Å²) in [4.78, 5) is 17.6. The standard InChI is InChI=1S/C17H27N5O3/c23-22(24)15-6-7-16(19-14-4-2-1-3-5-14)20-17(15)18-8-9-21-10-12-25-13-11-21/h6-7,14H,1-5,8-13H2,(H2,18,19,20). The van der Waals surface area contributed by atoms with Gasteiger partial charge >= 0.3 is 5.69 Å². The maximum Gasteiger partial charge on any atom is 0.311 e. The van der Waals surface area contributed by atoms with Gasteiger partial charge in [0.1, 0.15) is 5.82 Å².